The molecule has 1 N–H and O–H groups in total. The van der Waals surface area contributed by atoms with Crippen LogP contribution < -0.4 is 5.32 Å². The van der Waals surface area contributed by atoms with Gasteiger partial charge in [0.15, 0.2) is 0 Å². The zero-order valence-corrected chi connectivity index (χ0v) is 17.8. The molecule has 0 aliphatic heterocycles. The minimum absolute atomic E-state index is 0.0549. The second-order valence-electron chi connectivity index (χ2n) is 6.62. The van der Waals surface area contributed by atoms with Gasteiger partial charge in [0.2, 0.25) is 11.8 Å². The van der Waals surface area contributed by atoms with Crippen LogP contribution in [0.4, 0.5) is 0 Å². The van der Waals surface area contributed by atoms with E-state index in [1.807, 2.05) is 50.2 Å². The Bertz CT molecular complexity index is 796. The molecule has 2 aromatic rings. The number of halogens is 2. The third-order valence-corrected chi connectivity index (χ3v) is 5.16. The lowest BCUT2D eigenvalue weighted by Crippen LogP contribution is -2.50. The van der Waals surface area contributed by atoms with Crippen LogP contribution in [0.5, 0.6) is 0 Å². The van der Waals surface area contributed by atoms with Crippen LogP contribution in [0, 0.1) is 0 Å². The molecule has 4 nitrogen and oxygen atoms in total. The highest BCUT2D eigenvalue weighted by atomic mass is 35.5. The predicted molar refractivity (Wildman–Crippen MR) is 115 cm³/mol. The Morgan fingerprint density at radius 3 is 2.32 bits per heavy atom. The zero-order valence-electron chi connectivity index (χ0n) is 16.3. The first-order valence-corrected chi connectivity index (χ1v) is 10.3. The van der Waals surface area contributed by atoms with Gasteiger partial charge in [0.25, 0.3) is 0 Å². The molecule has 150 valence electrons. The molecule has 0 radical (unpaired) electrons. The van der Waals surface area contributed by atoms with Crippen molar-refractivity contribution in [1.29, 1.82) is 0 Å². The van der Waals surface area contributed by atoms with Crippen molar-refractivity contribution in [1.82, 2.24) is 10.2 Å². The summed E-state index contributed by atoms with van der Waals surface area (Å²) >= 11 is 12.2. The molecule has 0 heterocycles. The normalized spacial score (nSPS) is 11.7. The number of hydrogen-bond donors (Lipinski definition) is 1. The Kier molecular flexibility index (Phi) is 8.81. The summed E-state index contributed by atoms with van der Waals surface area (Å²) in [6.07, 6.45) is 1.54. The lowest BCUT2D eigenvalue weighted by atomic mass is 10.0. The van der Waals surface area contributed by atoms with Crippen LogP contribution >= 0.6 is 23.2 Å². The van der Waals surface area contributed by atoms with Gasteiger partial charge in [-0.2, -0.15) is 0 Å². The number of benzene rings is 2. The molecular weight excluding hydrogens is 395 g/mol. The molecule has 2 amide bonds. The average molecular weight is 421 g/mol. The lowest BCUT2D eigenvalue weighted by molar-refractivity contribution is -0.141. The van der Waals surface area contributed by atoms with E-state index in [2.05, 4.69) is 5.32 Å². The summed E-state index contributed by atoms with van der Waals surface area (Å²) in [5.74, 6) is -0.211. The van der Waals surface area contributed by atoms with Gasteiger partial charge < -0.3 is 10.2 Å². The highest BCUT2D eigenvalue weighted by molar-refractivity contribution is 6.42. The standard InChI is InChI=1S/C22H26Cl2N2O2/c1-3-8-21(27)26(15-17-11-12-18(23)19(24)13-17)20(22(28)25-4-2)14-16-9-6-5-7-10-16/h5-7,9-13,20H,3-4,8,14-15H2,1-2H3,(H,25,28)/t20-/m0/s1. The first-order chi connectivity index (χ1) is 13.5. The van der Waals surface area contributed by atoms with Crippen LogP contribution in [-0.4, -0.2) is 29.3 Å². The number of carbonyl (C=O) groups excluding carboxylic acids is 2. The summed E-state index contributed by atoms with van der Waals surface area (Å²) in [6.45, 7) is 4.62. The SMILES string of the molecule is CCCC(=O)N(Cc1ccc(Cl)c(Cl)c1)[C@@H](Cc1ccccc1)C(=O)NCC. The molecule has 0 bridgehead atoms. The van der Waals surface area contributed by atoms with Gasteiger partial charge in [-0.15, -0.1) is 0 Å². The molecule has 0 unspecified atom stereocenters. The molecule has 28 heavy (non-hydrogen) atoms. The van der Waals surface area contributed by atoms with E-state index in [0.29, 0.717) is 42.4 Å². The molecule has 1 atom stereocenters. The second-order valence-corrected chi connectivity index (χ2v) is 7.43. The number of carbonyl (C=O) groups is 2. The van der Waals surface area contributed by atoms with Gasteiger partial charge in [-0.1, -0.05) is 66.5 Å². The summed E-state index contributed by atoms with van der Waals surface area (Å²) in [5.41, 5.74) is 1.84. The van der Waals surface area contributed by atoms with Crippen LogP contribution in [0.15, 0.2) is 48.5 Å². The zero-order chi connectivity index (χ0) is 20.5. The molecule has 0 aliphatic carbocycles. The number of hydrogen-bond acceptors (Lipinski definition) is 2. The molecule has 0 fully saturated rings. The topological polar surface area (TPSA) is 49.4 Å². The largest absolute Gasteiger partial charge is 0.355 e. The number of amides is 2. The highest BCUT2D eigenvalue weighted by Gasteiger charge is 2.29. The molecule has 0 spiro atoms. The van der Waals surface area contributed by atoms with Crippen molar-refractivity contribution in [2.75, 3.05) is 6.54 Å². The van der Waals surface area contributed by atoms with Crippen LogP contribution in [0.25, 0.3) is 0 Å². The Hall–Kier alpha value is -2.04. The maximum Gasteiger partial charge on any atom is 0.243 e. The van der Waals surface area contributed by atoms with Crippen molar-refractivity contribution in [3.05, 3.63) is 69.7 Å². The van der Waals surface area contributed by atoms with Gasteiger partial charge in [0.05, 0.1) is 10.0 Å². The average Bonchev–Trinajstić information content (AvgIpc) is 2.68. The van der Waals surface area contributed by atoms with Crippen molar-refractivity contribution in [3.63, 3.8) is 0 Å². The van der Waals surface area contributed by atoms with Gasteiger partial charge in [-0.05, 0) is 36.6 Å². The second kappa shape index (κ2) is 11.1. The first-order valence-electron chi connectivity index (χ1n) is 9.51. The molecule has 6 heteroatoms. The smallest absolute Gasteiger partial charge is 0.243 e. The van der Waals surface area contributed by atoms with E-state index in [4.69, 9.17) is 23.2 Å². The summed E-state index contributed by atoms with van der Waals surface area (Å²) in [6, 6.07) is 14.4. The molecule has 0 saturated heterocycles. The number of rotatable bonds is 9. The Morgan fingerprint density at radius 2 is 1.71 bits per heavy atom. The van der Waals surface area contributed by atoms with Gasteiger partial charge >= 0.3 is 0 Å². The van der Waals surface area contributed by atoms with E-state index in [9.17, 15) is 9.59 Å². The minimum Gasteiger partial charge on any atom is -0.355 e. The minimum atomic E-state index is -0.601. The Labute approximate surface area is 176 Å². The van der Waals surface area contributed by atoms with Gasteiger partial charge in [-0.25, -0.2) is 0 Å². The van der Waals surface area contributed by atoms with Crippen LogP contribution in [-0.2, 0) is 22.6 Å². The molecular formula is C22H26Cl2N2O2. The van der Waals surface area contributed by atoms with E-state index in [1.165, 1.54) is 0 Å². The third kappa shape index (κ3) is 6.25. The first kappa shape index (κ1) is 22.3. The Morgan fingerprint density at radius 1 is 1.00 bits per heavy atom. The van der Waals surface area contributed by atoms with Gasteiger partial charge in [0.1, 0.15) is 6.04 Å². The van der Waals surface area contributed by atoms with Crippen LogP contribution in [0.2, 0.25) is 10.0 Å². The van der Waals surface area contributed by atoms with Crippen molar-refractivity contribution in [2.24, 2.45) is 0 Å². The van der Waals surface area contributed by atoms with Gasteiger partial charge in [0, 0.05) is 25.9 Å². The number of nitrogens with one attached hydrogen (secondary N) is 1. The lowest BCUT2D eigenvalue weighted by Gasteiger charge is -2.31. The van der Waals surface area contributed by atoms with Crippen molar-refractivity contribution in [3.8, 4) is 0 Å². The summed E-state index contributed by atoms with van der Waals surface area (Å²) in [5, 5.41) is 3.76. The van der Waals surface area contributed by atoms with Crippen LogP contribution in [0.1, 0.15) is 37.8 Å². The summed E-state index contributed by atoms with van der Waals surface area (Å²) < 4.78 is 0. The molecule has 0 aromatic heterocycles. The van der Waals surface area contributed by atoms with Gasteiger partial charge in [-0.3, -0.25) is 9.59 Å². The van der Waals surface area contributed by atoms with E-state index < -0.39 is 6.04 Å². The van der Waals surface area contributed by atoms with Crippen molar-refractivity contribution in [2.45, 2.75) is 45.7 Å². The summed E-state index contributed by atoms with van der Waals surface area (Å²) in [7, 11) is 0. The van der Waals surface area contributed by atoms with E-state index >= 15 is 0 Å². The third-order valence-electron chi connectivity index (χ3n) is 4.42. The van der Waals surface area contributed by atoms with Crippen LogP contribution in [0.3, 0.4) is 0 Å². The molecule has 0 aliphatic rings. The number of nitrogens with zero attached hydrogens (tertiary/aromatic N) is 1. The van der Waals surface area contributed by atoms with E-state index in [-0.39, 0.29) is 11.8 Å². The molecule has 2 aromatic carbocycles. The fourth-order valence-corrected chi connectivity index (χ4v) is 3.36. The molecule has 2 rings (SSSR count). The van der Waals surface area contributed by atoms with E-state index in [0.717, 1.165) is 11.1 Å². The fraction of sp³-hybridized carbons (Fsp3) is 0.364. The highest BCUT2D eigenvalue weighted by Crippen LogP contribution is 2.24. The maximum atomic E-state index is 12.9. The summed E-state index contributed by atoms with van der Waals surface area (Å²) in [4.78, 5) is 27.4. The van der Waals surface area contributed by atoms with E-state index in [1.54, 1.807) is 17.0 Å². The predicted octanol–water partition coefficient (Wildman–Crippen LogP) is 4.87. The fourth-order valence-electron chi connectivity index (χ4n) is 3.04. The van der Waals surface area contributed by atoms with Crippen molar-refractivity contribution < 1.29 is 9.59 Å². The maximum absolute atomic E-state index is 12.9. The quantitative estimate of drug-likeness (QED) is 0.628. The number of likely N-dealkylation sites (N-methyl/N-ethyl adjacent to an activating group) is 1. The molecule has 0 saturated carbocycles. The Balaban J connectivity index is 2.37. The monoisotopic (exact) mass is 420 g/mol. The van der Waals surface area contributed by atoms with Crippen molar-refractivity contribution >= 4 is 35.0 Å².